The van der Waals surface area contributed by atoms with Gasteiger partial charge >= 0.3 is 12.0 Å². The molecule has 2 fully saturated rings. The molecule has 7 heteroatoms. The molecule has 106 valence electrons. The zero-order valence-electron chi connectivity index (χ0n) is 10.8. The van der Waals surface area contributed by atoms with Crippen molar-refractivity contribution >= 4 is 33.8 Å². The Morgan fingerprint density at radius 2 is 2.05 bits per heavy atom. The number of methoxy groups -OCH3 is 1. The first kappa shape index (κ1) is 14.3. The second-order valence-corrected chi connectivity index (χ2v) is 6.08. The minimum atomic E-state index is -0.738. The van der Waals surface area contributed by atoms with Crippen LogP contribution in [-0.4, -0.2) is 46.8 Å². The zero-order chi connectivity index (χ0) is 14.0. The van der Waals surface area contributed by atoms with Crippen LogP contribution in [0.2, 0.25) is 0 Å². The Labute approximate surface area is 120 Å². The van der Waals surface area contributed by atoms with Gasteiger partial charge in [-0.25, -0.2) is 4.79 Å². The second-order valence-electron chi connectivity index (χ2n) is 4.98. The number of hydrogen-bond acceptors (Lipinski definition) is 4. The summed E-state index contributed by atoms with van der Waals surface area (Å²) in [7, 11) is 1.27. The van der Waals surface area contributed by atoms with Crippen LogP contribution in [-0.2, 0) is 14.3 Å². The van der Waals surface area contributed by atoms with Gasteiger partial charge in [0.05, 0.1) is 13.7 Å². The fourth-order valence-corrected chi connectivity index (χ4v) is 3.18. The largest absolute Gasteiger partial charge is 0.468 e. The molecule has 6 nitrogen and oxygen atoms in total. The van der Waals surface area contributed by atoms with Gasteiger partial charge in [-0.15, -0.1) is 0 Å². The average molecular weight is 333 g/mol. The van der Waals surface area contributed by atoms with Crippen LogP contribution in [0.3, 0.4) is 0 Å². The number of nitrogens with one attached hydrogen (secondary N) is 1. The van der Waals surface area contributed by atoms with Crippen molar-refractivity contribution in [2.45, 2.75) is 42.5 Å². The molecule has 0 aromatic carbocycles. The highest BCUT2D eigenvalue weighted by atomic mass is 79.9. The Balaban J connectivity index is 2.08. The van der Waals surface area contributed by atoms with E-state index in [1.54, 1.807) is 0 Å². The minimum Gasteiger partial charge on any atom is -0.468 e. The summed E-state index contributed by atoms with van der Waals surface area (Å²) in [5, 5.41) is 2.80. The van der Waals surface area contributed by atoms with Gasteiger partial charge in [-0.05, 0) is 12.8 Å². The fourth-order valence-electron chi connectivity index (χ4n) is 2.70. The maximum absolute atomic E-state index is 12.4. The predicted molar refractivity (Wildman–Crippen MR) is 70.8 cm³/mol. The fraction of sp³-hybridized carbons (Fsp3) is 0.750. The van der Waals surface area contributed by atoms with E-state index >= 15 is 0 Å². The van der Waals surface area contributed by atoms with Gasteiger partial charge in [-0.3, -0.25) is 14.5 Å². The summed E-state index contributed by atoms with van der Waals surface area (Å²) < 4.78 is 4.57. The first-order valence-electron chi connectivity index (χ1n) is 6.36. The lowest BCUT2D eigenvalue weighted by atomic mass is 9.82. The molecule has 3 amide bonds. The SMILES string of the molecule is COC(=O)C(Br)CN1C(=O)NC2(CCCCC2)C1=O. The molecule has 1 aliphatic heterocycles. The molecular weight excluding hydrogens is 316 g/mol. The molecule has 0 aromatic rings. The van der Waals surface area contributed by atoms with Gasteiger partial charge in [0, 0.05) is 0 Å². The van der Waals surface area contributed by atoms with Crippen LogP contribution in [0.15, 0.2) is 0 Å². The lowest BCUT2D eigenvalue weighted by molar-refractivity contribution is -0.140. The van der Waals surface area contributed by atoms with Crippen LogP contribution in [0, 0.1) is 0 Å². The summed E-state index contributed by atoms with van der Waals surface area (Å²) >= 11 is 3.13. The monoisotopic (exact) mass is 332 g/mol. The molecule has 1 saturated heterocycles. The minimum absolute atomic E-state index is 0.000903. The summed E-state index contributed by atoms with van der Waals surface area (Å²) in [6, 6.07) is -0.416. The van der Waals surface area contributed by atoms with Gasteiger partial charge < -0.3 is 10.1 Å². The number of imide groups is 1. The van der Waals surface area contributed by atoms with Gasteiger partial charge in [-0.1, -0.05) is 35.2 Å². The van der Waals surface area contributed by atoms with E-state index in [0.717, 1.165) is 24.2 Å². The van der Waals surface area contributed by atoms with E-state index in [0.29, 0.717) is 12.8 Å². The number of carbonyl (C=O) groups excluding carboxylic acids is 3. The molecule has 1 aliphatic carbocycles. The van der Waals surface area contributed by atoms with Crippen LogP contribution < -0.4 is 5.32 Å². The van der Waals surface area contributed by atoms with Gasteiger partial charge in [0.15, 0.2) is 0 Å². The quantitative estimate of drug-likeness (QED) is 0.478. The molecule has 1 spiro atoms. The van der Waals surface area contributed by atoms with Gasteiger partial charge in [-0.2, -0.15) is 0 Å². The van der Waals surface area contributed by atoms with E-state index in [2.05, 4.69) is 26.0 Å². The standard InChI is InChI=1S/C12H17BrN2O4/c1-19-9(16)8(13)7-15-10(17)12(14-11(15)18)5-3-2-4-6-12/h8H,2-7H2,1H3,(H,14,18). The number of halogens is 1. The molecule has 0 radical (unpaired) electrons. The molecular formula is C12H17BrN2O4. The van der Waals surface area contributed by atoms with Crippen molar-refractivity contribution in [3.63, 3.8) is 0 Å². The number of esters is 1. The Morgan fingerprint density at radius 3 is 2.63 bits per heavy atom. The van der Waals surface area contributed by atoms with Crippen molar-refractivity contribution in [2.24, 2.45) is 0 Å². The van der Waals surface area contributed by atoms with E-state index in [-0.39, 0.29) is 12.5 Å². The molecule has 1 saturated carbocycles. The van der Waals surface area contributed by atoms with E-state index in [1.807, 2.05) is 0 Å². The number of amides is 3. The van der Waals surface area contributed by atoms with E-state index in [4.69, 9.17) is 0 Å². The number of rotatable bonds is 3. The number of alkyl halides is 1. The van der Waals surface area contributed by atoms with Crippen molar-refractivity contribution in [3.05, 3.63) is 0 Å². The van der Waals surface area contributed by atoms with Crippen LogP contribution in [0.25, 0.3) is 0 Å². The zero-order valence-corrected chi connectivity index (χ0v) is 12.4. The number of urea groups is 1. The van der Waals surface area contributed by atoms with Crippen molar-refractivity contribution < 1.29 is 19.1 Å². The van der Waals surface area contributed by atoms with Crippen LogP contribution in [0.4, 0.5) is 4.79 Å². The molecule has 1 N–H and O–H groups in total. The van der Waals surface area contributed by atoms with E-state index < -0.39 is 22.4 Å². The Bertz CT molecular complexity index is 407. The lowest BCUT2D eigenvalue weighted by Crippen LogP contribution is -2.48. The van der Waals surface area contributed by atoms with Crippen molar-refractivity contribution in [3.8, 4) is 0 Å². The first-order chi connectivity index (χ1) is 9.00. The molecule has 0 bridgehead atoms. The molecule has 1 heterocycles. The highest BCUT2D eigenvalue weighted by Gasteiger charge is 2.51. The Hall–Kier alpha value is -1.11. The molecule has 19 heavy (non-hydrogen) atoms. The van der Waals surface area contributed by atoms with Crippen LogP contribution in [0.5, 0.6) is 0 Å². The van der Waals surface area contributed by atoms with E-state index in [9.17, 15) is 14.4 Å². The highest BCUT2D eigenvalue weighted by molar-refractivity contribution is 9.10. The summed E-state index contributed by atoms with van der Waals surface area (Å²) in [4.78, 5) is 36.1. The maximum Gasteiger partial charge on any atom is 0.325 e. The van der Waals surface area contributed by atoms with Gasteiger partial charge in [0.25, 0.3) is 5.91 Å². The molecule has 1 unspecified atom stereocenters. The third-order valence-corrected chi connectivity index (χ3v) is 4.42. The van der Waals surface area contributed by atoms with Gasteiger partial charge in [0.1, 0.15) is 10.4 Å². The summed E-state index contributed by atoms with van der Waals surface area (Å²) in [6.07, 6.45) is 4.33. The van der Waals surface area contributed by atoms with Crippen LogP contribution in [0.1, 0.15) is 32.1 Å². The number of hydrogen-bond donors (Lipinski definition) is 1. The third-order valence-electron chi connectivity index (χ3n) is 3.75. The summed E-state index contributed by atoms with van der Waals surface area (Å²) in [5.41, 5.74) is -0.738. The van der Waals surface area contributed by atoms with Crippen LogP contribution >= 0.6 is 15.9 Å². The second kappa shape index (κ2) is 5.48. The first-order valence-corrected chi connectivity index (χ1v) is 7.28. The number of ether oxygens (including phenoxy) is 1. The van der Waals surface area contributed by atoms with E-state index in [1.165, 1.54) is 7.11 Å². The third kappa shape index (κ3) is 2.61. The maximum atomic E-state index is 12.4. The van der Waals surface area contributed by atoms with Crippen molar-refractivity contribution in [1.82, 2.24) is 10.2 Å². The normalized spacial score (nSPS) is 23.4. The van der Waals surface area contributed by atoms with Gasteiger partial charge in [0.2, 0.25) is 0 Å². The smallest absolute Gasteiger partial charge is 0.325 e. The van der Waals surface area contributed by atoms with Crippen molar-refractivity contribution in [2.75, 3.05) is 13.7 Å². The lowest BCUT2D eigenvalue weighted by Gasteiger charge is -2.30. The average Bonchev–Trinajstić information content (AvgIpc) is 2.63. The molecule has 1 atom stereocenters. The predicted octanol–water partition coefficient (Wildman–Crippen LogP) is 1.18. The molecule has 0 aromatic heterocycles. The number of nitrogens with zero attached hydrogens (tertiary/aromatic N) is 1. The Morgan fingerprint density at radius 1 is 1.42 bits per heavy atom. The highest BCUT2D eigenvalue weighted by Crippen LogP contribution is 2.33. The Kier molecular flexibility index (Phi) is 4.13. The molecule has 2 rings (SSSR count). The summed E-state index contributed by atoms with van der Waals surface area (Å²) in [6.45, 7) is -0.000903. The number of carbonyl (C=O) groups is 3. The van der Waals surface area contributed by atoms with Crippen molar-refractivity contribution in [1.29, 1.82) is 0 Å². The summed E-state index contributed by atoms with van der Waals surface area (Å²) in [5.74, 6) is -0.712. The molecule has 2 aliphatic rings. The topological polar surface area (TPSA) is 75.7 Å².